The van der Waals surface area contributed by atoms with E-state index in [9.17, 15) is 18.3 Å². The molecule has 0 fully saturated rings. The summed E-state index contributed by atoms with van der Waals surface area (Å²) in [4.78, 5) is 0. The summed E-state index contributed by atoms with van der Waals surface area (Å²) in [5.74, 6) is -0.353. The normalized spacial score (nSPS) is 11.7. The molecule has 0 aliphatic rings. The van der Waals surface area contributed by atoms with Crippen LogP contribution in [0.2, 0.25) is 0 Å². The van der Waals surface area contributed by atoms with Crippen molar-refractivity contribution in [2.75, 3.05) is 0 Å². The van der Waals surface area contributed by atoms with Crippen LogP contribution in [0.25, 0.3) is 11.1 Å². The number of thiophene rings is 1. The Balaban J connectivity index is 2.46. The van der Waals surface area contributed by atoms with Gasteiger partial charge in [-0.05, 0) is 34.5 Å². The third kappa shape index (κ3) is 2.04. The van der Waals surface area contributed by atoms with Crippen molar-refractivity contribution in [2.45, 2.75) is 6.18 Å². The summed E-state index contributed by atoms with van der Waals surface area (Å²) in [6, 6.07) is 4.73. The zero-order valence-electron chi connectivity index (χ0n) is 7.95. The molecule has 2 aromatic rings. The number of alkyl halides is 3. The minimum Gasteiger partial charge on any atom is -0.507 e. The molecule has 0 aliphatic carbocycles. The van der Waals surface area contributed by atoms with Gasteiger partial charge in [0.1, 0.15) is 5.75 Å². The van der Waals surface area contributed by atoms with Gasteiger partial charge in [-0.2, -0.15) is 24.5 Å². The predicted molar refractivity (Wildman–Crippen MR) is 56.4 cm³/mol. The second kappa shape index (κ2) is 3.83. The Morgan fingerprint density at radius 2 is 1.88 bits per heavy atom. The summed E-state index contributed by atoms with van der Waals surface area (Å²) >= 11 is 1.42. The minimum absolute atomic E-state index is 0.353. The molecule has 0 aliphatic heterocycles. The van der Waals surface area contributed by atoms with Crippen LogP contribution in [0.5, 0.6) is 5.75 Å². The van der Waals surface area contributed by atoms with Gasteiger partial charge >= 0.3 is 6.18 Å². The number of aromatic hydroxyl groups is 1. The molecular weight excluding hydrogens is 237 g/mol. The minimum atomic E-state index is -4.43. The highest BCUT2D eigenvalue weighted by atomic mass is 32.1. The van der Waals surface area contributed by atoms with E-state index in [1.807, 2.05) is 0 Å². The molecule has 1 heterocycles. The Hall–Kier alpha value is -1.49. The summed E-state index contributed by atoms with van der Waals surface area (Å²) in [5, 5.41) is 13.1. The molecule has 1 aromatic carbocycles. The van der Waals surface area contributed by atoms with Gasteiger partial charge in [-0.1, -0.05) is 6.07 Å². The number of phenolic OH excluding ortho intramolecular Hbond substituents is 1. The average molecular weight is 244 g/mol. The van der Waals surface area contributed by atoms with Crippen molar-refractivity contribution in [1.29, 1.82) is 0 Å². The maximum atomic E-state index is 12.3. The summed E-state index contributed by atoms with van der Waals surface area (Å²) in [6.07, 6.45) is -4.43. The fourth-order valence-corrected chi connectivity index (χ4v) is 2.03. The van der Waals surface area contributed by atoms with Gasteiger partial charge in [0.05, 0.1) is 5.56 Å². The molecule has 5 heteroatoms. The van der Waals surface area contributed by atoms with Crippen LogP contribution in [-0.2, 0) is 6.18 Å². The first-order valence-electron chi connectivity index (χ1n) is 4.41. The highest BCUT2D eigenvalue weighted by Crippen LogP contribution is 2.36. The second-order valence-electron chi connectivity index (χ2n) is 3.24. The first-order chi connectivity index (χ1) is 7.48. The average Bonchev–Trinajstić information content (AvgIpc) is 2.69. The van der Waals surface area contributed by atoms with Gasteiger partial charge in [-0.15, -0.1) is 0 Å². The molecule has 1 aromatic heterocycles. The van der Waals surface area contributed by atoms with Crippen molar-refractivity contribution in [1.82, 2.24) is 0 Å². The Morgan fingerprint density at radius 3 is 2.38 bits per heavy atom. The molecule has 0 amide bonds. The lowest BCUT2D eigenvalue weighted by Gasteiger charge is -2.09. The van der Waals surface area contributed by atoms with Gasteiger partial charge < -0.3 is 5.11 Å². The summed E-state index contributed by atoms with van der Waals surface area (Å²) in [6.45, 7) is 0. The molecule has 84 valence electrons. The number of phenols is 1. The topological polar surface area (TPSA) is 20.2 Å². The lowest BCUT2D eigenvalue weighted by molar-refractivity contribution is -0.137. The van der Waals surface area contributed by atoms with Gasteiger partial charge in [-0.3, -0.25) is 0 Å². The van der Waals surface area contributed by atoms with Gasteiger partial charge in [-0.25, -0.2) is 0 Å². The molecule has 0 saturated carbocycles. The van der Waals surface area contributed by atoms with Crippen LogP contribution in [0, 0.1) is 0 Å². The quantitative estimate of drug-likeness (QED) is 0.799. The zero-order chi connectivity index (χ0) is 11.8. The van der Waals surface area contributed by atoms with Crippen molar-refractivity contribution >= 4 is 11.3 Å². The van der Waals surface area contributed by atoms with Crippen molar-refractivity contribution in [2.24, 2.45) is 0 Å². The standard InChI is InChI=1S/C11H7F3OS/c12-11(13,14)8-1-2-9(10(15)5-8)7-3-4-16-6-7/h1-6,15H. The Kier molecular flexibility index (Phi) is 2.63. The summed E-state index contributed by atoms with van der Waals surface area (Å²) in [5.41, 5.74) is 0.287. The molecule has 0 spiro atoms. The van der Waals surface area contributed by atoms with Gasteiger partial charge in [0.2, 0.25) is 0 Å². The molecule has 16 heavy (non-hydrogen) atoms. The molecule has 1 nitrogen and oxygen atoms in total. The van der Waals surface area contributed by atoms with E-state index in [1.165, 1.54) is 17.4 Å². The van der Waals surface area contributed by atoms with E-state index in [-0.39, 0.29) is 5.75 Å². The van der Waals surface area contributed by atoms with Crippen molar-refractivity contribution in [3.8, 4) is 16.9 Å². The lowest BCUT2D eigenvalue weighted by Crippen LogP contribution is -2.04. The van der Waals surface area contributed by atoms with Crippen LogP contribution >= 0.6 is 11.3 Å². The lowest BCUT2D eigenvalue weighted by atomic mass is 10.1. The number of hydrogen-bond acceptors (Lipinski definition) is 2. The molecule has 1 N–H and O–H groups in total. The van der Waals surface area contributed by atoms with Crippen LogP contribution in [0.1, 0.15) is 5.56 Å². The van der Waals surface area contributed by atoms with Crippen LogP contribution in [0.15, 0.2) is 35.0 Å². The van der Waals surface area contributed by atoms with Gasteiger partial charge in [0, 0.05) is 5.56 Å². The monoisotopic (exact) mass is 244 g/mol. The van der Waals surface area contributed by atoms with Crippen LogP contribution in [0.4, 0.5) is 13.2 Å². The Labute approximate surface area is 93.8 Å². The molecule has 2 rings (SSSR count). The number of rotatable bonds is 1. The summed E-state index contributed by atoms with van der Waals surface area (Å²) in [7, 11) is 0. The van der Waals surface area contributed by atoms with E-state index < -0.39 is 11.7 Å². The third-order valence-electron chi connectivity index (χ3n) is 2.16. The van der Waals surface area contributed by atoms with Crippen LogP contribution in [-0.4, -0.2) is 5.11 Å². The number of hydrogen-bond donors (Lipinski definition) is 1. The Bertz CT molecular complexity index is 488. The fraction of sp³-hybridized carbons (Fsp3) is 0.0909. The summed E-state index contributed by atoms with van der Waals surface area (Å²) < 4.78 is 37.0. The van der Waals surface area contributed by atoms with Crippen LogP contribution < -0.4 is 0 Å². The van der Waals surface area contributed by atoms with Crippen molar-refractivity contribution < 1.29 is 18.3 Å². The van der Waals surface area contributed by atoms with E-state index in [1.54, 1.807) is 16.8 Å². The first kappa shape index (κ1) is 11.0. The van der Waals surface area contributed by atoms with E-state index >= 15 is 0 Å². The molecular formula is C11H7F3OS. The smallest absolute Gasteiger partial charge is 0.416 e. The molecule has 0 radical (unpaired) electrons. The maximum absolute atomic E-state index is 12.3. The molecule has 0 atom stereocenters. The largest absolute Gasteiger partial charge is 0.507 e. The van der Waals surface area contributed by atoms with E-state index in [2.05, 4.69) is 0 Å². The molecule has 0 unspecified atom stereocenters. The predicted octanol–water partition coefficient (Wildman–Crippen LogP) is 4.14. The first-order valence-corrected chi connectivity index (χ1v) is 5.35. The highest BCUT2D eigenvalue weighted by Gasteiger charge is 2.31. The van der Waals surface area contributed by atoms with Crippen LogP contribution in [0.3, 0.4) is 0 Å². The SMILES string of the molecule is Oc1cc(C(F)(F)F)ccc1-c1ccsc1. The maximum Gasteiger partial charge on any atom is 0.416 e. The Morgan fingerprint density at radius 1 is 1.12 bits per heavy atom. The van der Waals surface area contributed by atoms with Crippen molar-refractivity contribution in [3.63, 3.8) is 0 Å². The van der Waals surface area contributed by atoms with Gasteiger partial charge in [0.15, 0.2) is 0 Å². The van der Waals surface area contributed by atoms with E-state index in [0.717, 1.165) is 17.7 Å². The molecule has 0 saturated heterocycles. The van der Waals surface area contributed by atoms with Crippen molar-refractivity contribution in [3.05, 3.63) is 40.6 Å². The number of benzene rings is 1. The number of halogens is 3. The van der Waals surface area contributed by atoms with E-state index in [0.29, 0.717) is 5.56 Å². The fourth-order valence-electron chi connectivity index (χ4n) is 1.37. The van der Waals surface area contributed by atoms with E-state index in [4.69, 9.17) is 0 Å². The molecule has 0 bridgehead atoms. The van der Waals surface area contributed by atoms with Gasteiger partial charge in [0.25, 0.3) is 0 Å². The zero-order valence-corrected chi connectivity index (χ0v) is 8.77. The highest BCUT2D eigenvalue weighted by molar-refractivity contribution is 7.08. The third-order valence-corrected chi connectivity index (χ3v) is 2.84. The second-order valence-corrected chi connectivity index (χ2v) is 4.02.